The number of fused-ring (bicyclic) bond motifs is 2. The quantitative estimate of drug-likeness (QED) is 0.793. The van der Waals surface area contributed by atoms with Gasteiger partial charge in [-0.15, -0.1) is 0 Å². The zero-order valence-electron chi connectivity index (χ0n) is 11.6. The van der Waals surface area contributed by atoms with Crippen LogP contribution in [-0.4, -0.2) is 40.5 Å². The molecular formula is C15H18N3OP. The Kier molecular flexibility index (Phi) is 3.10. The van der Waals surface area contributed by atoms with E-state index < -0.39 is 8.45 Å². The normalized spacial score (nSPS) is 27.1. The van der Waals surface area contributed by atoms with E-state index in [0.717, 1.165) is 23.2 Å². The maximum absolute atomic E-state index is 6.37. The van der Waals surface area contributed by atoms with E-state index in [1.54, 1.807) is 0 Å². The van der Waals surface area contributed by atoms with E-state index in [1.165, 1.54) is 19.4 Å². The first kappa shape index (κ1) is 12.5. The largest absolute Gasteiger partial charge is 0.442 e. The lowest BCUT2D eigenvalue weighted by molar-refractivity contribution is 0.426. The fourth-order valence-corrected chi connectivity index (χ4v) is 5.23. The topological polar surface area (TPSA) is 28.6 Å². The minimum absolute atomic E-state index is 0.670. The third-order valence-electron chi connectivity index (χ3n) is 4.11. The minimum Gasteiger partial charge on any atom is -0.442 e. The second kappa shape index (κ2) is 4.96. The molecular weight excluding hydrogens is 269 g/mol. The summed E-state index contributed by atoms with van der Waals surface area (Å²) in [5.74, 6) is 0.911. The first-order chi connectivity index (χ1) is 9.83. The summed E-state index contributed by atoms with van der Waals surface area (Å²) in [4.78, 5) is 4.48. The van der Waals surface area contributed by atoms with Crippen molar-refractivity contribution >= 4 is 19.4 Å². The van der Waals surface area contributed by atoms with Crippen molar-refractivity contribution in [3.63, 3.8) is 0 Å². The van der Waals surface area contributed by atoms with E-state index in [1.807, 2.05) is 24.4 Å². The first-order valence-corrected chi connectivity index (χ1v) is 8.29. The van der Waals surface area contributed by atoms with Gasteiger partial charge in [-0.2, -0.15) is 0 Å². The summed E-state index contributed by atoms with van der Waals surface area (Å²) in [6, 6.07) is 10.9. The van der Waals surface area contributed by atoms with Crippen LogP contribution in [0.5, 0.6) is 5.75 Å². The number of hydrogen-bond donors (Lipinski definition) is 0. The van der Waals surface area contributed by atoms with Crippen molar-refractivity contribution in [1.82, 2.24) is 14.3 Å². The number of aromatic nitrogens is 1. The smallest absolute Gasteiger partial charge is 0.248 e. The molecule has 5 heteroatoms. The van der Waals surface area contributed by atoms with Crippen LogP contribution in [0.4, 0.5) is 0 Å². The van der Waals surface area contributed by atoms with E-state index >= 15 is 0 Å². The van der Waals surface area contributed by atoms with Crippen molar-refractivity contribution in [3.8, 4) is 5.75 Å². The third kappa shape index (κ3) is 1.99. The molecule has 0 N–H and O–H groups in total. The predicted molar refractivity (Wildman–Crippen MR) is 81.6 cm³/mol. The molecule has 1 unspecified atom stereocenters. The number of nitrogens with zero attached hydrogens (tertiary/aromatic N) is 3. The molecule has 20 heavy (non-hydrogen) atoms. The van der Waals surface area contributed by atoms with Gasteiger partial charge in [0.25, 0.3) is 0 Å². The number of para-hydroxylation sites is 1. The lowest BCUT2D eigenvalue weighted by Gasteiger charge is -2.25. The molecule has 2 atom stereocenters. The lowest BCUT2D eigenvalue weighted by Crippen LogP contribution is -2.20. The van der Waals surface area contributed by atoms with Crippen molar-refractivity contribution in [1.29, 1.82) is 0 Å². The van der Waals surface area contributed by atoms with Gasteiger partial charge in [-0.05, 0) is 32.0 Å². The van der Waals surface area contributed by atoms with Crippen LogP contribution in [0.3, 0.4) is 0 Å². The van der Waals surface area contributed by atoms with Crippen molar-refractivity contribution in [2.24, 2.45) is 0 Å². The number of hydrogen-bond acceptors (Lipinski definition) is 4. The molecule has 4 rings (SSSR count). The van der Waals surface area contributed by atoms with Gasteiger partial charge in [-0.3, -0.25) is 4.98 Å². The van der Waals surface area contributed by atoms with Crippen LogP contribution in [0.25, 0.3) is 10.9 Å². The standard InChI is InChI=1S/C15H18N3OP/c1-17-11-13-7-4-10-18(13)20(17)19-14-8-2-5-12-6-3-9-16-15(12)14/h2-3,5-6,8-9,13H,4,7,10-11H2,1H3/t13-,20?/m0/s1. The Balaban J connectivity index is 1.67. The highest BCUT2D eigenvalue weighted by atomic mass is 31.2. The zero-order valence-corrected chi connectivity index (χ0v) is 12.5. The molecule has 2 fully saturated rings. The fraction of sp³-hybridized carbons (Fsp3) is 0.400. The molecule has 2 saturated heterocycles. The van der Waals surface area contributed by atoms with E-state index in [0.29, 0.717) is 6.04 Å². The second-order valence-corrected chi connectivity index (χ2v) is 7.36. The molecule has 1 aromatic heterocycles. The maximum atomic E-state index is 6.37. The Morgan fingerprint density at radius 2 is 2.20 bits per heavy atom. The summed E-state index contributed by atoms with van der Waals surface area (Å²) < 4.78 is 11.3. The van der Waals surface area contributed by atoms with Gasteiger partial charge in [0.1, 0.15) is 5.52 Å². The molecule has 0 bridgehead atoms. The number of likely N-dealkylation sites (N-methyl/N-ethyl adjacent to an activating group) is 1. The van der Waals surface area contributed by atoms with Crippen molar-refractivity contribution in [3.05, 3.63) is 36.5 Å². The number of pyridine rings is 1. The molecule has 0 radical (unpaired) electrons. The summed E-state index contributed by atoms with van der Waals surface area (Å²) >= 11 is 0. The van der Waals surface area contributed by atoms with E-state index in [4.69, 9.17) is 4.52 Å². The minimum atomic E-state index is -0.670. The number of rotatable bonds is 2. The Morgan fingerprint density at radius 1 is 1.30 bits per heavy atom. The van der Waals surface area contributed by atoms with Crippen LogP contribution < -0.4 is 4.52 Å². The van der Waals surface area contributed by atoms with Gasteiger partial charge in [0.15, 0.2) is 5.75 Å². The Bertz CT molecular complexity index is 630. The maximum Gasteiger partial charge on any atom is 0.248 e. The molecule has 2 aromatic rings. The summed E-state index contributed by atoms with van der Waals surface area (Å²) in [6.07, 6.45) is 4.44. The van der Waals surface area contributed by atoms with Crippen LogP contribution in [0.2, 0.25) is 0 Å². The van der Waals surface area contributed by atoms with Gasteiger partial charge in [-0.25, -0.2) is 9.34 Å². The highest BCUT2D eigenvalue weighted by Crippen LogP contribution is 2.54. The Labute approximate surface area is 120 Å². The van der Waals surface area contributed by atoms with Crippen LogP contribution in [0.1, 0.15) is 12.8 Å². The van der Waals surface area contributed by atoms with Crippen molar-refractivity contribution in [2.75, 3.05) is 20.1 Å². The zero-order chi connectivity index (χ0) is 13.5. The Morgan fingerprint density at radius 3 is 3.15 bits per heavy atom. The molecule has 0 saturated carbocycles. The average molecular weight is 287 g/mol. The molecule has 4 nitrogen and oxygen atoms in total. The van der Waals surface area contributed by atoms with Crippen molar-refractivity contribution in [2.45, 2.75) is 18.9 Å². The molecule has 2 aliphatic heterocycles. The summed E-state index contributed by atoms with van der Waals surface area (Å²) in [6.45, 7) is 2.29. The first-order valence-electron chi connectivity index (χ1n) is 7.12. The fourth-order valence-electron chi connectivity index (χ4n) is 3.16. The number of benzene rings is 1. The van der Waals surface area contributed by atoms with Gasteiger partial charge in [0.2, 0.25) is 8.45 Å². The van der Waals surface area contributed by atoms with E-state index in [9.17, 15) is 0 Å². The van der Waals surface area contributed by atoms with Crippen molar-refractivity contribution < 1.29 is 4.52 Å². The predicted octanol–water partition coefficient (Wildman–Crippen LogP) is 3.25. The molecule has 1 aromatic carbocycles. The highest BCUT2D eigenvalue weighted by Gasteiger charge is 2.43. The molecule has 2 aliphatic rings. The molecule has 0 aliphatic carbocycles. The monoisotopic (exact) mass is 287 g/mol. The van der Waals surface area contributed by atoms with Gasteiger partial charge < -0.3 is 4.52 Å². The average Bonchev–Trinajstić information content (AvgIpc) is 3.02. The van der Waals surface area contributed by atoms with Crippen LogP contribution in [-0.2, 0) is 0 Å². The Hall–Kier alpha value is -1.22. The molecule has 3 heterocycles. The molecule has 0 amide bonds. The SMILES string of the molecule is CN1C[C@@H]2CCCN2P1Oc1cccc2cccnc12. The van der Waals surface area contributed by atoms with Crippen LogP contribution in [0, 0.1) is 0 Å². The molecule has 104 valence electrons. The summed E-state index contributed by atoms with van der Waals surface area (Å²) in [5.41, 5.74) is 0.966. The highest BCUT2D eigenvalue weighted by molar-refractivity contribution is 7.48. The summed E-state index contributed by atoms with van der Waals surface area (Å²) in [5, 5.41) is 1.14. The lowest BCUT2D eigenvalue weighted by atomic mass is 10.2. The van der Waals surface area contributed by atoms with Gasteiger partial charge in [0, 0.05) is 30.7 Å². The van der Waals surface area contributed by atoms with E-state index in [2.05, 4.69) is 33.5 Å². The van der Waals surface area contributed by atoms with Gasteiger partial charge >= 0.3 is 0 Å². The second-order valence-electron chi connectivity index (χ2n) is 5.47. The third-order valence-corrected chi connectivity index (χ3v) is 6.18. The van der Waals surface area contributed by atoms with Crippen LogP contribution in [0.15, 0.2) is 36.5 Å². The van der Waals surface area contributed by atoms with Gasteiger partial charge in [0.05, 0.1) is 0 Å². The summed E-state index contributed by atoms with van der Waals surface area (Å²) in [7, 11) is 1.50. The van der Waals surface area contributed by atoms with Gasteiger partial charge in [-0.1, -0.05) is 18.2 Å². The van der Waals surface area contributed by atoms with E-state index in [-0.39, 0.29) is 0 Å². The molecule has 0 spiro atoms. The van der Waals surface area contributed by atoms with Crippen LogP contribution >= 0.6 is 8.45 Å².